The SMILES string of the molecule is CCOC(=O)c1cccc(C#CCCCO)n1. The lowest BCUT2D eigenvalue weighted by Crippen LogP contribution is -2.07. The fraction of sp³-hybridized carbons (Fsp3) is 0.385. The standard InChI is InChI=1S/C13H15NO3/c1-2-17-13(16)12-9-6-8-11(14-12)7-4-3-5-10-15/h6,8-9,15H,2-3,5,10H2,1H3. The minimum Gasteiger partial charge on any atom is -0.461 e. The third-order valence-electron chi connectivity index (χ3n) is 1.91. The first-order valence-electron chi connectivity index (χ1n) is 5.52. The molecule has 1 rings (SSSR count). The van der Waals surface area contributed by atoms with Crippen LogP contribution in [-0.4, -0.2) is 29.3 Å². The highest BCUT2D eigenvalue weighted by molar-refractivity contribution is 5.87. The molecule has 0 fully saturated rings. The van der Waals surface area contributed by atoms with Crippen LogP contribution < -0.4 is 0 Å². The van der Waals surface area contributed by atoms with Crippen molar-refractivity contribution in [2.75, 3.05) is 13.2 Å². The summed E-state index contributed by atoms with van der Waals surface area (Å²) in [4.78, 5) is 15.5. The van der Waals surface area contributed by atoms with Gasteiger partial charge in [-0.1, -0.05) is 12.0 Å². The van der Waals surface area contributed by atoms with E-state index in [9.17, 15) is 4.79 Å². The Kier molecular flexibility index (Phi) is 5.76. The number of nitrogens with zero attached hydrogens (tertiary/aromatic N) is 1. The Balaban J connectivity index is 2.71. The number of hydrogen-bond acceptors (Lipinski definition) is 4. The molecule has 1 aromatic heterocycles. The molecule has 0 unspecified atom stereocenters. The number of carbonyl (C=O) groups excluding carboxylic acids is 1. The lowest BCUT2D eigenvalue weighted by molar-refractivity contribution is 0.0519. The molecule has 0 radical (unpaired) electrons. The van der Waals surface area contributed by atoms with Crippen LogP contribution in [-0.2, 0) is 4.74 Å². The number of aliphatic hydroxyl groups is 1. The summed E-state index contributed by atoms with van der Waals surface area (Å²) < 4.78 is 4.84. The average molecular weight is 233 g/mol. The Morgan fingerprint density at radius 3 is 3.06 bits per heavy atom. The predicted molar refractivity (Wildman–Crippen MR) is 63.4 cm³/mol. The quantitative estimate of drug-likeness (QED) is 0.485. The van der Waals surface area contributed by atoms with Gasteiger partial charge in [0.25, 0.3) is 0 Å². The molecule has 0 saturated carbocycles. The van der Waals surface area contributed by atoms with Crippen molar-refractivity contribution >= 4 is 5.97 Å². The highest BCUT2D eigenvalue weighted by Gasteiger charge is 2.07. The molecule has 0 spiro atoms. The molecule has 0 aliphatic heterocycles. The van der Waals surface area contributed by atoms with Crippen molar-refractivity contribution in [3.05, 3.63) is 29.6 Å². The van der Waals surface area contributed by atoms with Gasteiger partial charge in [0.2, 0.25) is 0 Å². The third-order valence-corrected chi connectivity index (χ3v) is 1.91. The van der Waals surface area contributed by atoms with E-state index in [-0.39, 0.29) is 12.3 Å². The molecule has 17 heavy (non-hydrogen) atoms. The van der Waals surface area contributed by atoms with Crippen molar-refractivity contribution in [3.63, 3.8) is 0 Å². The fourth-order valence-corrected chi connectivity index (χ4v) is 1.14. The molecule has 90 valence electrons. The van der Waals surface area contributed by atoms with Crippen molar-refractivity contribution in [2.24, 2.45) is 0 Å². The maximum absolute atomic E-state index is 11.4. The number of carbonyl (C=O) groups is 1. The van der Waals surface area contributed by atoms with E-state index in [0.717, 1.165) is 0 Å². The molecule has 1 N–H and O–H groups in total. The van der Waals surface area contributed by atoms with Gasteiger partial charge >= 0.3 is 5.97 Å². The largest absolute Gasteiger partial charge is 0.461 e. The van der Waals surface area contributed by atoms with Crippen LogP contribution >= 0.6 is 0 Å². The smallest absolute Gasteiger partial charge is 0.356 e. The van der Waals surface area contributed by atoms with E-state index in [2.05, 4.69) is 16.8 Å². The van der Waals surface area contributed by atoms with Gasteiger partial charge < -0.3 is 9.84 Å². The number of aliphatic hydroxyl groups excluding tert-OH is 1. The average Bonchev–Trinajstić information content (AvgIpc) is 2.35. The number of esters is 1. The van der Waals surface area contributed by atoms with Gasteiger partial charge in [0.15, 0.2) is 0 Å². The van der Waals surface area contributed by atoms with E-state index in [1.165, 1.54) is 0 Å². The van der Waals surface area contributed by atoms with E-state index in [1.54, 1.807) is 25.1 Å². The Bertz CT molecular complexity index is 432. The van der Waals surface area contributed by atoms with Crippen LogP contribution in [0.3, 0.4) is 0 Å². The van der Waals surface area contributed by atoms with Crippen LogP contribution in [0.25, 0.3) is 0 Å². The summed E-state index contributed by atoms with van der Waals surface area (Å²) in [6.45, 7) is 2.20. The van der Waals surface area contributed by atoms with Crippen LogP contribution in [0, 0.1) is 11.8 Å². The number of aromatic nitrogens is 1. The second kappa shape index (κ2) is 7.42. The van der Waals surface area contributed by atoms with Crippen LogP contribution in [0.4, 0.5) is 0 Å². The summed E-state index contributed by atoms with van der Waals surface area (Å²) in [7, 11) is 0. The van der Waals surface area contributed by atoms with Crippen LogP contribution in [0.2, 0.25) is 0 Å². The Morgan fingerprint density at radius 1 is 1.53 bits per heavy atom. The zero-order valence-electron chi connectivity index (χ0n) is 9.77. The van der Waals surface area contributed by atoms with E-state index in [1.807, 2.05) is 0 Å². The topological polar surface area (TPSA) is 59.4 Å². The molecule has 0 aliphatic rings. The molecule has 0 bridgehead atoms. The summed E-state index contributed by atoms with van der Waals surface area (Å²) in [6, 6.07) is 5.04. The molecule has 4 nitrogen and oxygen atoms in total. The van der Waals surface area contributed by atoms with E-state index in [0.29, 0.717) is 25.1 Å². The highest BCUT2D eigenvalue weighted by atomic mass is 16.5. The predicted octanol–water partition coefficient (Wildman–Crippen LogP) is 1.38. The van der Waals surface area contributed by atoms with Gasteiger partial charge in [-0.05, 0) is 31.4 Å². The van der Waals surface area contributed by atoms with Crippen LogP contribution in [0.15, 0.2) is 18.2 Å². The summed E-state index contributed by atoms with van der Waals surface area (Å²) in [6.07, 6.45) is 1.26. The Hall–Kier alpha value is -1.86. The van der Waals surface area contributed by atoms with Gasteiger partial charge in [-0.15, -0.1) is 0 Å². The lowest BCUT2D eigenvalue weighted by Gasteiger charge is -2.00. The molecule has 4 heteroatoms. The zero-order valence-corrected chi connectivity index (χ0v) is 9.77. The second-order valence-corrected chi connectivity index (χ2v) is 3.26. The molecular weight excluding hydrogens is 218 g/mol. The number of unbranched alkanes of at least 4 members (excludes halogenated alkanes) is 1. The molecule has 0 aromatic carbocycles. The molecule has 0 aliphatic carbocycles. The third kappa shape index (κ3) is 4.66. The fourth-order valence-electron chi connectivity index (χ4n) is 1.14. The molecule has 0 amide bonds. The number of rotatable bonds is 4. The Labute approximate surface area is 101 Å². The summed E-state index contributed by atoms with van der Waals surface area (Å²) in [5.74, 6) is 5.27. The summed E-state index contributed by atoms with van der Waals surface area (Å²) in [5.41, 5.74) is 0.800. The number of ether oxygens (including phenoxy) is 1. The lowest BCUT2D eigenvalue weighted by atomic mass is 10.2. The van der Waals surface area contributed by atoms with Crippen molar-refractivity contribution < 1.29 is 14.6 Å². The van der Waals surface area contributed by atoms with E-state index >= 15 is 0 Å². The van der Waals surface area contributed by atoms with Crippen molar-refractivity contribution in [1.29, 1.82) is 0 Å². The van der Waals surface area contributed by atoms with Crippen LogP contribution in [0.5, 0.6) is 0 Å². The molecule has 0 saturated heterocycles. The number of pyridine rings is 1. The van der Waals surface area contributed by atoms with Crippen molar-refractivity contribution in [3.8, 4) is 11.8 Å². The zero-order chi connectivity index (χ0) is 12.5. The van der Waals surface area contributed by atoms with E-state index < -0.39 is 5.97 Å². The minimum absolute atomic E-state index is 0.130. The molecule has 1 aromatic rings. The highest BCUT2D eigenvalue weighted by Crippen LogP contribution is 2.00. The van der Waals surface area contributed by atoms with Crippen LogP contribution in [0.1, 0.15) is 35.9 Å². The van der Waals surface area contributed by atoms with Gasteiger partial charge in [0.1, 0.15) is 11.4 Å². The molecule has 1 heterocycles. The molecule has 0 atom stereocenters. The van der Waals surface area contributed by atoms with Crippen molar-refractivity contribution in [2.45, 2.75) is 19.8 Å². The first-order chi connectivity index (χ1) is 8.27. The maximum atomic E-state index is 11.4. The first-order valence-corrected chi connectivity index (χ1v) is 5.52. The minimum atomic E-state index is -0.438. The van der Waals surface area contributed by atoms with E-state index in [4.69, 9.17) is 9.84 Å². The summed E-state index contributed by atoms with van der Waals surface area (Å²) >= 11 is 0. The first kappa shape index (κ1) is 13.2. The maximum Gasteiger partial charge on any atom is 0.356 e. The summed E-state index contributed by atoms with van der Waals surface area (Å²) in [5, 5.41) is 8.59. The van der Waals surface area contributed by atoms with Gasteiger partial charge in [0, 0.05) is 13.0 Å². The van der Waals surface area contributed by atoms with Gasteiger partial charge in [-0.3, -0.25) is 0 Å². The molecular formula is C13H15NO3. The van der Waals surface area contributed by atoms with Gasteiger partial charge in [-0.2, -0.15) is 0 Å². The van der Waals surface area contributed by atoms with Crippen molar-refractivity contribution in [1.82, 2.24) is 4.98 Å². The normalized spacial score (nSPS) is 9.29. The van der Waals surface area contributed by atoms with Gasteiger partial charge in [-0.25, -0.2) is 9.78 Å². The Morgan fingerprint density at radius 2 is 2.35 bits per heavy atom. The second-order valence-electron chi connectivity index (χ2n) is 3.26. The number of hydrogen-bond donors (Lipinski definition) is 1. The van der Waals surface area contributed by atoms with Gasteiger partial charge in [0.05, 0.1) is 6.61 Å². The monoisotopic (exact) mass is 233 g/mol.